The van der Waals surface area contributed by atoms with Gasteiger partial charge >= 0.3 is 5.97 Å². The Kier molecular flexibility index (Phi) is 20.5. The van der Waals surface area contributed by atoms with Crippen molar-refractivity contribution in [3.63, 3.8) is 0 Å². The number of imide groups is 1. The van der Waals surface area contributed by atoms with Crippen molar-refractivity contribution in [2.24, 2.45) is 5.73 Å². The molecule has 0 rings (SSSR count). The molecule has 0 bridgehead atoms. The van der Waals surface area contributed by atoms with Gasteiger partial charge < -0.3 is 10.8 Å². The van der Waals surface area contributed by atoms with E-state index in [-0.39, 0.29) is 31.1 Å². The maximum Gasteiger partial charge on any atom is 0.326 e. The molecule has 0 aliphatic carbocycles. The fraction of sp³-hybridized carbons (Fsp3) is 0.885. The molecule has 0 aromatic rings. The first-order valence-electron chi connectivity index (χ1n) is 13.3. The summed E-state index contributed by atoms with van der Waals surface area (Å²) in [5.74, 6) is -1.75. The van der Waals surface area contributed by atoms with Gasteiger partial charge in [0, 0.05) is 12.8 Å². The Labute approximate surface area is 196 Å². The first kappa shape index (κ1) is 30.6. The molecule has 6 heteroatoms. The molecule has 188 valence electrons. The van der Waals surface area contributed by atoms with Gasteiger partial charge in [0.05, 0.1) is 0 Å². The number of nitrogens with zero attached hydrogens (tertiary/aromatic N) is 1. The number of carboxylic acid groups (broad SMARTS) is 1. The number of hydrogen-bond acceptors (Lipinski definition) is 4. The number of rotatable bonds is 22. The summed E-state index contributed by atoms with van der Waals surface area (Å²) in [5.41, 5.74) is 5.54. The number of carbonyl (C=O) groups excluding carboxylic acids is 2. The van der Waals surface area contributed by atoms with Crippen LogP contribution in [0.5, 0.6) is 0 Å². The van der Waals surface area contributed by atoms with Crippen molar-refractivity contribution in [1.82, 2.24) is 4.90 Å². The van der Waals surface area contributed by atoms with Gasteiger partial charge in [0.25, 0.3) is 0 Å². The second-order valence-electron chi connectivity index (χ2n) is 9.04. The first-order chi connectivity index (χ1) is 15.5. The van der Waals surface area contributed by atoms with Crippen molar-refractivity contribution in [1.29, 1.82) is 0 Å². The van der Waals surface area contributed by atoms with Crippen LogP contribution >= 0.6 is 0 Å². The molecule has 0 saturated carbocycles. The standard InChI is InChI=1S/C26H50N2O4/c1-3-5-7-9-11-13-15-20-24(29)28(23(26(31)32)19-17-18-22-27)25(30)21-16-14-12-10-8-6-4-2/h23H,3-22,27H2,1-2H3,(H,31,32). The Morgan fingerprint density at radius 1 is 0.656 bits per heavy atom. The minimum Gasteiger partial charge on any atom is -0.480 e. The van der Waals surface area contributed by atoms with E-state index in [2.05, 4.69) is 13.8 Å². The summed E-state index contributed by atoms with van der Waals surface area (Å²) >= 11 is 0. The molecule has 0 aromatic heterocycles. The molecule has 0 saturated heterocycles. The zero-order valence-electron chi connectivity index (χ0n) is 20.9. The van der Waals surface area contributed by atoms with Crippen molar-refractivity contribution in [3.05, 3.63) is 0 Å². The third-order valence-electron chi connectivity index (χ3n) is 6.05. The van der Waals surface area contributed by atoms with Gasteiger partial charge in [-0.2, -0.15) is 0 Å². The van der Waals surface area contributed by atoms with Crippen molar-refractivity contribution in [2.45, 2.75) is 142 Å². The van der Waals surface area contributed by atoms with Crippen LogP contribution in [0.25, 0.3) is 0 Å². The van der Waals surface area contributed by atoms with Gasteiger partial charge in [0.15, 0.2) is 0 Å². The summed E-state index contributed by atoms with van der Waals surface area (Å²) < 4.78 is 0. The molecular weight excluding hydrogens is 404 g/mol. The monoisotopic (exact) mass is 454 g/mol. The fourth-order valence-corrected chi connectivity index (χ4v) is 4.04. The molecule has 6 nitrogen and oxygen atoms in total. The SMILES string of the molecule is CCCCCCCCCC(=O)N(C(=O)CCCCCCCCC)C(CCCCN)C(=O)O. The van der Waals surface area contributed by atoms with Crippen LogP contribution in [0.3, 0.4) is 0 Å². The van der Waals surface area contributed by atoms with Crippen molar-refractivity contribution in [3.8, 4) is 0 Å². The average molecular weight is 455 g/mol. The van der Waals surface area contributed by atoms with E-state index in [1.54, 1.807) is 0 Å². The highest BCUT2D eigenvalue weighted by atomic mass is 16.4. The van der Waals surface area contributed by atoms with Gasteiger partial charge in [-0.25, -0.2) is 4.79 Å². The van der Waals surface area contributed by atoms with Crippen LogP contribution < -0.4 is 5.73 Å². The Bertz CT molecular complexity index is 466. The number of hydrogen-bond donors (Lipinski definition) is 2. The van der Waals surface area contributed by atoms with Gasteiger partial charge in [-0.05, 0) is 38.6 Å². The maximum absolute atomic E-state index is 12.9. The van der Waals surface area contributed by atoms with Crippen LogP contribution in [0.15, 0.2) is 0 Å². The number of nitrogens with two attached hydrogens (primary N) is 1. The highest BCUT2D eigenvalue weighted by Gasteiger charge is 2.33. The van der Waals surface area contributed by atoms with E-state index in [0.29, 0.717) is 32.2 Å². The zero-order chi connectivity index (χ0) is 24.0. The third-order valence-corrected chi connectivity index (χ3v) is 6.05. The topological polar surface area (TPSA) is 101 Å². The molecule has 32 heavy (non-hydrogen) atoms. The van der Waals surface area contributed by atoms with Crippen molar-refractivity contribution in [2.75, 3.05) is 6.54 Å². The van der Waals surface area contributed by atoms with E-state index in [9.17, 15) is 19.5 Å². The lowest BCUT2D eigenvalue weighted by Crippen LogP contribution is -2.48. The summed E-state index contributed by atoms with van der Waals surface area (Å²) in [6.45, 7) is 4.84. The van der Waals surface area contributed by atoms with Crippen LogP contribution in [0.4, 0.5) is 0 Å². The first-order valence-corrected chi connectivity index (χ1v) is 13.3. The summed E-state index contributed by atoms with van der Waals surface area (Å²) in [7, 11) is 0. The molecule has 0 aromatic carbocycles. The van der Waals surface area contributed by atoms with Crippen LogP contribution in [-0.2, 0) is 14.4 Å². The molecule has 0 aliphatic rings. The Hall–Kier alpha value is -1.43. The molecule has 0 aliphatic heterocycles. The van der Waals surface area contributed by atoms with Gasteiger partial charge in [0.2, 0.25) is 11.8 Å². The summed E-state index contributed by atoms with van der Waals surface area (Å²) in [6.07, 6.45) is 17.2. The number of aliphatic carboxylic acids is 1. The number of amides is 2. The zero-order valence-corrected chi connectivity index (χ0v) is 20.9. The lowest BCUT2D eigenvalue weighted by Gasteiger charge is -2.27. The van der Waals surface area contributed by atoms with Crippen molar-refractivity contribution >= 4 is 17.8 Å². The maximum atomic E-state index is 12.9. The predicted molar refractivity (Wildman–Crippen MR) is 131 cm³/mol. The smallest absolute Gasteiger partial charge is 0.326 e. The second kappa shape index (κ2) is 21.4. The van der Waals surface area contributed by atoms with E-state index >= 15 is 0 Å². The van der Waals surface area contributed by atoms with E-state index in [1.807, 2.05) is 0 Å². The lowest BCUT2D eigenvalue weighted by molar-refractivity contribution is -0.158. The van der Waals surface area contributed by atoms with Gasteiger partial charge in [0.1, 0.15) is 6.04 Å². The number of unbranched alkanes of at least 4 members (excludes halogenated alkanes) is 13. The highest BCUT2D eigenvalue weighted by Crippen LogP contribution is 2.17. The molecule has 0 heterocycles. The minimum absolute atomic E-state index is 0.247. The molecular formula is C26H50N2O4. The van der Waals surface area contributed by atoms with Crippen LogP contribution in [-0.4, -0.2) is 40.4 Å². The molecule has 0 spiro atoms. The van der Waals surface area contributed by atoms with Crippen LogP contribution in [0, 0.1) is 0 Å². The Morgan fingerprint density at radius 2 is 1.06 bits per heavy atom. The lowest BCUT2D eigenvalue weighted by atomic mass is 10.0. The quantitative estimate of drug-likeness (QED) is 0.190. The highest BCUT2D eigenvalue weighted by molar-refractivity contribution is 5.99. The van der Waals surface area contributed by atoms with Gasteiger partial charge in [-0.1, -0.05) is 90.9 Å². The largest absolute Gasteiger partial charge is 0.480 e. The second-order valence-corrected chi connectivity index (χ2v) is 9.04. The van der Waals surface area contributed by atoms with Crippen LogP contribution in [0.2, 0.25) is 0 Å². The Balaban J connectivity index is 4.77. The summed E-state index contributed by atoms with van der Waals surface area (Å²) in [6, 6.07) is -1.07. The summed E-state index contributed by atoms with van der Waals surface area (Å²) in [4.78, 5) is 38.8. The molecule has 1 unspecified atom stereocenters. The van der Waals surface area contributed by atoms with Crippen molar-refractivity contribution < 1.29 is 19.5 Å². The Morgan fingerprint density at radius 3 is 1.44 bits per heavy atom. The van der Waals surface area contributed by atoms with E-state index in [1.165, 1.54) is 51.4 Å². The molecule has 3 N–H and O–H groups in total. The molecule has 0 radical (unpaired) electrons. The van der Waals surface area contributed by atoms with Gasteiger partial charge in [-0.15, -0.1) is 0 Å². The van der Waals surface area contributed by atoms with E-state index in [0.717, 1.165) is 30.6 Å². The number of carboxylic acids is 1. The molecule has 1 atom stereocenters. The van der Waals surface area contributed by atoms with Crippen LogP contribution in [0.1, 0.15) is 136 Å². The normalized spacial score (nSPS) is 12.0. The molecule has 0 fully saturated rings. The molecule has 2 amide bonds. The number of carbonyl (C=O) groups is 3. The third kappa shape index (κ3) is 15.4. The van der Waals surface area contributed by atoms with Gasteiger partial charge in [-0.3, -0.25) is 14.5 Å². The fourth-order valence-electron chi connectivity index (χ4n) is 4.04. The van der Waals surface area contributed by atoms with E-state index < -0.39 is 12.0 Å². The van der Waals surface area contributed by atoms with E-state index in [4.69, 9.17) is 5.73 Å². The minimum atomic E-state index is -1.09. The summed E-state index contributed by atoms with van der Waals surface area (Å²) in [5, 5.41) is 9.75. The average Bonchev–Trinajstić information content (AvgIpc) is 2.77. The predicted octanol–water partition coefficient (Wildman–Crippen LogP) is 6.21.